The maximum Gasteiger partial charge on any atom is 0.264 e. The van der Waals surface area contributed by atoms with E-state index in [-0.39, 0.29) is 5.91 Å². The molecular weight excluding hydrogens is 414 g/mol. The molecule has 1 fully saturated rings. The molecule has 1 heterocycles. The summed E-state index contributed by atoms with van der Waals surface area (Å²) in [5.74, 6) is 1.36. The Labute approximate surface area is 187 Å². The van der Waals surface area contributed by atoms with Crippen molar-refractivity contribution >= 4 is 40.3 Å². The van der Waals surface area contributed by atoms with Crippen molar-refractivity contribution in [3.63, 3.8) is 0 Å². The summed E-state index contributed by atoms with van der Waals surface area (Å²) in [6.07, 6.45) is 1.77. The summed E-state index contributed by atoms with van der Waals surface area (Å²) in [5, 5.41) is 3.36. The van der Waals surface area contributed by atoms with Crippen LogP contribution in [0.5, 0.6) is 17.2 Å². The van der Waals surface area contributed by atoms with Gasteiger partial charge in [0.15, 0.2) is 16.7 Å². The Morgan fingerprint density at radius 3 is 2.13 bits per heavy atom. The predicted octanol–water partition coefficient (Wildman–Crippen LogP) is 4.45. The zero-order valence-corrected chi connectivity index (χ0v) is 19.2. The average Bonchev–Trinajstić information content (AvgIpc) is 3.13. The van der Waals surface area contributed by atoms with Crippen LogP contribution in [-0.4, -0.2) is 45.5 Å². The van der Waals surface area contributed by atoms with Gasteiger partial charge in [-0.2, -0.15) is 0 Å². The number of nitrogens with zero attached hydrogens (tertiary/aromatic N) is 2. The molecule has 0 saturated carbocycles. The number of amides is 1. The van der Waals surface area contributed by atoms with Crippen molar-refractivity contribution in [1.82, 2.24) is 5.32 Å². The highest BCUT2D eigenvalue weighted by Crippen LogP contribution is 2.39. The third-order valence-corrected chi connectivity index (χ3v) is 5.75. The van der Waals surface area contributed by atoms with Gasteiger partial charge in [0.25, 0.3) is 5.91 Å². The monoisotopic (exact) mass is 441 g/mol. The molecule has 31 heavy (non-hydrogen) atoms. The lowest BCUT2D eigenvalue weighted by Crippen LogP contribution is -2.21. The molecule has 1 N–H and O–H groups in total. The fourth-order valence-corrected chi connectivity index (χ4v) is 4.10. The van der Waals surface area contributed by atoms with Gasteiger partial charge in [0.05, 0.1) is 31.9 Å². The summed E-state index contributed by atoms with van der Waals surface area (Å²) in [6.45, 7) is 6.16. The van der Waals surface area contributed by atoms with E-state index >= 15 is 0 Å². The van der Waals surface area contributed by atoms with E-state index in [0.29, 0.717) is 27.3 Å². The molecule has 164 valence electrons. The minimum absolute atomic E-state index is 0.197. The second-order valence-corrected chi connectivity index (χ2v) is 7.66. The first kappa shape index (κ1) is 22.6. The van der Waals surface area contributed by atoms with Gasteiger partial charge in [-0.3, -0.25) is 4.79 Å². The van der Waals surface area contributed by atoms with E-state index < -0.39 is 0 Å². The predicted molar refractivity (Wildman–Crippen MR) is 127 cm³/mol. The zero-order valence-electron chi connectivity index (χ0n) is 18.4. The van der Waals surface area contributed by atoms with Crippen molar-refractivity contribution in [3.8, 4) is 17.2 Å². The van der Waals surface area contributed by atoms with Crippen LogP contribution in [0.4, 0.5) is 11.4 Å². The number of ether oxygens (including phenoxy) is 3. The Bertz CT molecular complexity index is 973. The first-order chi connectivity index (χ1) is 15.0. The van der Waals surface area contributed by atoms with Crippen molar-refractivity contribution in [2.24, 2.45) is 4.99 Å². The number of rotatable bonds is 8. The van der Waals surface area contributed by atoms with Crippen molar-refractivity contribution in [1.29, 1.82) is 0 Å². The zero-order chi connectivity index (χ0) is 22.4. The van der Waals surface area contributed by atoms with Gasteiger partial charge < -0.3 is 24.4 Å². The number of benzene rings is 2. The molecule has 2 aromatic carbocycles. The van der Waals surface area contributed by atoms with Crippen molar-refractivity contribution < 1.29 is 19.0 Å². The van der Waals surface area contributed by atoms with Gasteiger partial charge >= 0.3 is 0 Å². The minimum Gasteiger partial charge on any atom is -0.493 e. The van der Waals surface area contributed by atoms with Crippen LogP contribution in [0.3, 0.4) is 0 Å². The molecule has 0 spiro atoms. The van der Waals surface area contributed by atoms with Crippen molar-refractivity contribution in [3.05, 3.63) is 46.9 Å². The van der Waals surface area contributed by atoms with E-state index in [9.17, 15) is 4.79 Å². The highest BCUT2D eigenvalue weighted by molar-refractivity contribution is 8.18. The molecule has 0 unspecified atom stereocenters. The molecule has 0 bridgehead atoms. The van der Waals surface area contributed by atoms with Crippen LogP contribution in [0, 0.1) is 0 Å². The Kier molecular flexibility index (Phi) is 7.46. The number of carbonyl (C=O) groups is 1. The molecule has 1 amide bonds. The van der Waals surface area contributed by atoms with Gasteiger partial charge in [0, 0.05) is 18.8 Å². The standard InChI is InChI=1S/C23H27N3O4S/c1-6-26(7-2)17-10-8-16(9-11-17)24-23-25-22(27)20(31-23)14-15-12-18(28-3)21(30-5)19(13-15)29-4/h8-14H,6-7H2,1-5H3,(H,24,25,27)/b20-14-. The fraction of sp³-hybridized carbons (Fsp3) is 0.304. The molecule has 0 aliphatic carbocycles. The Morgan fingerprint density at radius 2 is 1.61 bits per heavy atom. The van der Waals surface area contributed by atoms with Crippen LogP contribution in [-0.2, 0) is 4.79 Å². The van der Waals surface area contributed by atoms with E-state index in [1.54, 1.807) is 39.5 Å². The fourth-order valence-electron chi connectivity index (χ4n) is 3.26. The Hall–Kier alpha value is -3.13. The smallest absolute Gasteiger partial charge is 0.264 e. The van der Waals surface area contributed by atoms with Crippen LogP contribution in [0.25, 0.3) is 6.08 Å². The Morgan fingerprint density at radius 1 is 1.00 bits per heavy atom. The highest BCUT2D eigenvalue weighted by atomic mass is 32.2. The summed E-state index contributed by atoms with van der Waals surface area (Å²) in [4.78, 5) is 19.8. The maximum absolute atomic E-state index is 12.5. The largest absolute Gasteiger partial charge is 0.493 e. The molecule has 3 rings (SSSR count). The molecule has 1 aliphatic heterocycles. The molecule has 2 aromatic rings. The molecule has 0 aromatic heterocycles. The number of hydrogen-bond acceptors (Lipinski definition) is 7. The van der Waals surface area contributed by atoms with Gasteiger partial charge in [0.1, 0.15) is 0 Å². The normalized spacial score (nSPS) is 15.8. The summed E-state index contributed by atoms with van der Waals surface area (Å²) in [6, 6.07) is 11.6. The maximum atomic E-state index is 12.5. The molecule has 1 saturated heterocycles. The van der Waals surface area contributed by atoms with Gasteiger partial charge in [-0.15, -0.1) is 0 Å². The van der Waals surface area contributed by atoms with E-state index in [4.69, 9.17) is 14.2 Å². The van der Waals surface area contributed by atoms with Crippen molar-refractivity contribution in [2.75, 3.05) is 39.3 Å². The van der Waals surface area contributed by atoms with Crippen LogP contribution in [0.15, 0.2) is 46.3 Å². The number of amidine groups is 1. The van der Waals surface area contributed by atoms with Gasteiger partial charge in [0.2, 0.25) is 5.75 Å². The number of methoxy groups -OCH3 is 3. The summed E-state index contributed by atoms with van der Waals surface area (Å²) in [7, 11) is 4.67. The van der Waals surface area contributed by atoms with E-state index in [2.05, 4.69) is 29.1 Å². The Balaban J connectivity index is 1.82. The molecular formula is C23H27N3O4S. The van der Waals surface area contributed by atoms with Gasteiger partial charge in [-0.05, 0) is 73.6 Å². The highest BCUT2D eigenvalue weighted by Gasteiger charge is 2.24. The minimum atomic E-state index is -0.197. The first-order valence-electron chi connectivity index (χ1n) is 9.97. The molecule has 0 radical (unpaired) electrons. The number of thioether (sulfide) groups is 1. The second-order valence-electron chi connectivity index (χ2n) is 6.63. The van der Waals surface area contributed by atoms with Crippen LogP contribution >= 0.6 is 11.8 Å². The van der Waals surface area contributed by atoms with Crippen LogP contribution in [0.1, 0.15) is 19.4 Å². The number of nitrogens with one attached hydrogen (secondary N) is 1. The second kappa shape index (κ2) is 10.3. The number of carbonyl (C=O) groups excluding carboxylic acids is 1. The number of aliphatic imine (C=N–C) groups is 1. The summed E-state index contributed by atoms with van der Waals surface area (Å²) < 4.78 is 16.1. The lowest BCUT2D eigenvalue weighted by Gasteiger charge is -2.20. The summed E-state index contributed by atoms with van der Waals surface area (Å²) in [5.41, 5.74) is 2.70. The molecule has 7 nitrogen and oxygen atoms in total. The summed E-state index contributed by atoms with van der Waals surface area (Å²) >= 11 is 1.29. The SMILES string of the molecule is CCN(CC)c1ccc(N=C2NC(=O)/C(=C/c3cc(OC)c(OC)c(OC)c3)S2)cc1. The molecule has 8 heteroatoms. The van der Waals surface area contributed by atoms with Gasteiger partial charge in [-0.25, -0.2) is 4.99 Å². The van der Waals surface area contributed by atoms with Gasteiger partial charge in [-0.1, -0.05) is 0 Å². The molecule has 0 atom stereocenters. The third-order valence-electron chi connectivity index (χ3n) is 4.84. The topological polar surface area (TPSA) is 72.4 Å². The van der Waals surface area contributed by atoms with E-state index in [0.717, 1.165) is 30.0 Å². The molecule has 1 aliphatic rings. The average molecular weight is 442 g/mol. The third kappa shape index (κ3) is 5.14. The lowest BCUT2D eigenvalue weighted by atomic mass is 10.1. The lowest BCUT2D eigenvalue weighted by molar-refractivity contribution is -0.115. The van der Waals surface area contributed by atoms with Crippen LogP contribution in [0.2, 0.25) is 0 Å². The van der Waals surface area contributed by atoms with Crippen LogP contribution < -0.4 is 24.4 Å². The van der Waals surface area contributed by atoms with E-state index in [1.165, 1.54) is 11.8 Å². The number of anilines is 1. The quantitative estimate of drug-likeness (QED) is 0.610. The number of hydrogen-bond donors (Lipinski definition) is 1. The first-order valence-corrected chi connectivity index (χ1v) is 10.8. The van der Waals surface area contributed by atoms with Crippen molar-refractivity contribution in [2.45, 2.75) is 13.8 Å². The van der Waals surface area contributed by atoms with E-state index in [1.807, 2.05) is 24.3 Å².